The van der Waals surface area contributed by atoms with Crippen LogP contribution in [0.5, 0.6) is 0 Å². The highest BCUT2D eigenvalue weighted by atomic mass is 15.1. The van der Waals surface area contributed by atoms with E-state index in [-0.39, 0.29) is 5.41 Å². The maximum absolute atomic E-state index is 4.30. The monoisotopic (exact) mass is 247 g/mol. The molecule has 0 bridgehead atoms. The van der Waals surface area contributed by atoms with Crippen LogP contribution in [0.3, 0.4) is 0 Å². The second-order valence-electron chi connectivity index (χ2n) is 5.05. The smallest absolute Gasteiger partial charge is 0.162 e. The Labute approximate surface area is 107 Å². The van der Waals surface area contributed by atoms with Crippen molar-refractivity contribution in [2.45, 2.75) is 46.6 Å². The Bertz CT molecular complexity index is 515. The molecule has 0 aliphatic carbocycles. The third kappa shape index (κ3) is 2.17. The number of aromatic amines is 1. The molecular formula is C13H21N5. The van der Waals surface area contributed by atoms with Gasteiger partial charge in [-0.25, -0.2) is 15.0 Å². The maximum atomic E-state index is 4.30. The average molecular weight is 247 g/mol. The highest BCUT2D eigenvalue weighted by Gasteiger charge is 2.28. The molecule has 1 unspecified atom stereocenters. The molecule has 0 aromatic carbocycles. The summed E-state index contributed by atoms with van der Waals surface area (Å²) in [4.78, 5) is 15.7. The Morgan fingerprint density at radius 3 is 2.67 bits per heavy atom. The number of H-pyrrole nitrogens is 1. The molecule has 2 rings (SSSR count). The molecule has 0 spiro atoms. The minimum absolute atomic E-state index is 0.258. The van der Waals surface area contributed by atoms with Crippen molar-refractivity contribution in [1.29, 1.82) is 0 Å². The van der Waals surface area contributed by atoms with Crippen LogP contribution in [-0.2, 0) is 0 Å². The molecule has 5 nitrogen and oxygen atoms in total. The fourth-order valence-electron chi connectivity index (χ4n) is 2.11. The van der Waals surface area contributed by atoms with Crippen LogP contribution in [0, 0.1) is 5.41 Å². The number of rotatable bonds is 5. The van der Waals surface area contributed by atoms with Gasteiger partial charge in [0.15, 0.2) is 11.5 Å². The first kappa shape index (κ1) is 12.8. The second-order valence-corrected chi connectivity index (χ2v) is 5.05. The Morgan fingerprint density at radius 1 is 1.28 bits per heavy atom. The van der Waals surface area contributed by atoms with Crippen LogP contribution in [0.1, 0.15) is 40.5 Å². The van der Waals surface area contributed by atoms with E-state index in [4.69, 9.17) is 0 Å². The molecular weight excluding hydrogens is 226 g/mol. The number of fused-ring (bicyclic) bond motifs is 1. The summed E-state index contributed by atoms with van der Waals surface area (Å²) in [6.07, 6.45) is 5.47. The molecule has 2 aromatic heterocycles. The zero-order chi connectivity index (χ0) is 13.2. The van der Waals surface area contributed by atoms with E-state index < -0.39 is 0 Å². The number of aromatic nitrogens is 4. The number of anilines is 1. The summed E-state index contributed by atoms with van der Waals surface area (Å²) in [5.41, 5.74) is 1.83. The van der Waals surface area contributed by atoms with Crippen molar-refractivity contribution in [3.8, 4) is 0 Å². The number of nitrogens with one attached hydrogen (secondary N) is 2. The van der Waals surface area contributed by atoms with Crippen molar-refractivity contribution in [3.63, 3.8) is 0 Å². The highest BCUT2D eigenvalue weighted by Crippen LogP contribution is 2.32. The van der Waals surface area contributed by atoms with Crippen LogP contribution >= 0.6 is 0 Å². The summed E-state index contributed by atoms with van der Waals surface area (Å²) >= 11 is 0. The van der Waals surface area contributed by atoms with Gasteiger partial charge in [-0.05, 0) is 25.2 Å². The summed E-state index contributed by atoms with van der Waals surface area (Å²) in [6.45, 7) is 8.96. The molecule has 2 N–H and O–H groups in total. The standard InChI is InChI=1S/C13H21N5/c1-5-13(4,6-2)9(3)18-12-10-11(15-7-14-10)16-8-17-12/h7-9H,5-6H2,1-4H3,(H2,14,15,16,17,18). The van der Waals surface area contributed by atoms with Crippen LogP contribution in [-0.4, -0.2) is 26.0 Å². The van der Waals surface area contributed by atoms with E-state index in [2.05, 4.69) is 52.9 Å². The molecule has 5 heteroatoms. The van der Waals surface area contributed by atoms with Gasteiger partial charge in [0.1, 0.15) is 11.8 Å². The van der Waals surface area contributed by atoms with Gasteiger partial charge in [0.05, 0.1) is 6.33 Å². The summed E-state index contributed by atoms with van der Waals surface area (Å²) in [5, 5.41) is 3.48. The van der Waals surface area contributed by atoms with Crippen LogP contribution in [0.4, 0.5) is 5.82 Å². The van der Waals surface area contributed by atoms with Gasteiger partial charge in [-0.15, -0.1) is 0 Å². The minimum Gasteiger partial charge on any atom is -0.365 e. The van der Waals surface area contributed by atoms with Gasteiger partial charge in [0.2, 0.25) is 0 Å². The average Bonchev–Trinajstić information content (AvgIpc) is 2.87. The third-order valence-corrected chi connectivity index (χ3v) is 4.23. The quantitative estimate of drug-likeness (QED) is 0.852. The van der Waals surface area contributed by atoms with Gasteiger partial charge in [-0.1, -0.05) is 20.8 Å². The number of nitrogens with zero attached hydrogens (tertiary/aromatic N) is 3. The van der Waals surface area contributed by atoms with Gasteiger partial charge < -0.3 is 10.3 Å². The maximum Gasteiger partial charge on any atom is 0.162 e. The van der Waals surface area contributed by atoms with Gasteiger partial charge in [0.25, 0.3) is 0 Å². The Morgan fingerprint density at radius 2 is 2.00 bits per heavy atom. The summed E-state index contributed by atoms with van der Waals surface area (Å²) in [7, 11) is 0. The predicted octanol–water partition coefficient (Wildman–Crippen LogP) is 2.98. The van der Waals surface area contributed by atoms with Crippen molar-refractivity contribution in [1.82, 2.24) is 19.9 Å². The van der Waals surface area contributed by atoms with Crippen molar-refractivity contribution in [3.05, 3.63) is 12.7 Å². The lowest BCUT2D eigenvalue weighted by Crippen LogP contribution is -2.35. The molecule has 98 valence electrons. The van der Waals surface area contributed by atoms with Crippen molar-refractivity contribution < 1.29 is 0 Å². The molecule has 1 atom stereocenters. The van der Waals surface area contributed by atoms with E-state index in [1.54, 1.807) is 12.7 Å². The highest BCUT2D eigenvalue weighted by molar-refractivity contribution is 5.82. The number of imidazole rings is 1. The van der Waals surface area contributed by atoms with Crippen molar-refractivity contribution in [2.75, 3.05) is 5.32 Å². The fraction of sp³-hybridized carbons (Fsp3) is 0.615. The second kappa shape index (κ2) is 4.92. The minimum atomic E-state index is 0.258. The van der Waals surface area contributed by atoms with Crippen molar-refractivity contribution in [2.24, 2.45) is 5.41 Å². The van der Waals surface area contributed by atoms with Crippen LogP contribution in [0.25, 0.3) is 11.2 Å². The number of hydrogen-bond donors (Lipinski definition) is 2. The Balaban J connectivity index is 2.26. The molecule has 2 heterocycles. The lowest BCUT2D eigenvalue weighted by molar-refractivity contribution is 0.259. The van der Waals surface area contributed by atoms with E-state index in [1.807, 2.05) is 0 Å². The van der Waals surface area contributed by atoms with Gasteiger partial charge in [-0.3, -0.25) is 0 Å². The lowest BCUT2D eigenvalue weighted by atomic mass is 9.78. The van der Waals surface area contributed by atoms with Crippen LogP contribution in [0.15, 0.2) is 12.7 Å². The van der Waals surface area contributed by atoms with E-state index in [9.17, 15) is 0 Å². The topological polar surface area (TPSA) is 66.5 Å². The van der Waals surface area contributed by atoms with E-state index >= 15 is 0 Å². The summed E-state index contributed by atoms with van der Waals surface area (Å²) < 4.78 is 0. The third-order valence-electron chi connectivity index (χ3n) is 4.23. The molecule has 0 fully saturated rings. The fourth-order valence-corrected chi connectivity index (χ4v) is 2.11. The first-order valence-electron chi connectivity index (χ1n) is 6.51. The van der Waals surface area contributed by atoms with Gasteiger partial charge >= 0.3 is 0 Å². The zero-order valence-corrected chi connectivity index (χ0v) is 11.5. The molecule has 0 saturated heterocycles. The summed E-state index contributed by atoms with van der Waals surface area (Å²) in [6, 6.07) is 0.335. The first-order valence-corrected chi connectivity index (χ1v) is 6.51. The predicted molar refractivity (Wildman–Crippen MR) is 73.5 cm³/mol. The van der Waals surface area contributed by atoms with Crippen LogP contribution in [0.2, 0.25) is 0 Å². The van der Waals surface area contributed by atoms with E-state index in [0.29, 0.717) is 6.04 Å². The molecule has 18 heavy (non-hydrogen) atoms. The largest absolute Gasteiger partial charge is 0.365 e. The zero-order valence-electron chi connectivity index (χ0n) is 11.5. The van der Waals surface area contributed by atoms with Crippen LogP contribution < -0.4 is 5.32 Å². The molecule has 0 amide bonds. The Hall–Kier alpha value is -1.65. The molecule has 0 radical (unpaired) electrons. The first-order chi connectivity index (χ1) is 8.60. The number of hydrogen-bond acceptors (Lipinski definition) is 4. The van der Waals surface area contributed by atoms with Gasteiger partial charge in [-0.2, -0.15) is 0 Å². The lowest BCUT2D eigenvalue weighted by Gasteiger charge is -2.34. The van der Waals surface area contributed by atoms with Gasteiger partial charge in [0, 0.05) is 6.04 Å². The molecule has 0 saturated carbocycles. The normalized spacial score (nSPS) is 13.8. The molecule has 0 aliphatic rings. The Kier molecular flexibility index (Phi) is 3.50. The SMILES string of the molecule is CCC(C)(CC)C(C)Nc1ncnc2[nH]cnc12. The summed E-state index contributed by atoms with van der Waals surface area (Å²) in [5.74, 6) is 0.807. The molecule has 0 aliphatic heterocycles. The van der Waals surface area contributed by atoms with Crippen molar-refractivity contribution >= 4 is 17.0 Å². The van der Waals surface area contributed by atoms with E-state index in [1.165, 1.54) is 0 Å². The molecule has 2 aromatic rings. The van der Waals surface area contributed by atoms with E-state index in [0.717, 1.165) is 29.8 Å².